The first kappa shape index (κ1) is 10.9. The summed E-state index contributed by atoms with van der Waals surface area (Å²) >= 11 is 0. The van der Waals surface area contributed by atoms with Crippen LogP contribution in [0.5, 0.6) is 0 Å². The zero-order chi connectivity index (χ0) is 11.7. The van der Waals surface area contributed by atoms with E-state index in [-0.39, 0.29) is 5.56 Å². The topological polar surface area (TPSA) is 27.0 Å². The normalized spacial score (nSPS) is 24.5. The molecule has 1 fully saturated rings. The predicted octanol–water partition coefficient (Wildman–Crippen LogP) is 2.79. The number of anilines is 1. The fourth-order valence-corrected chi connectivity index (χ4v) is 2.13. The van der Waals surface area contributed by atoms with Gasteiger partial charge in [0.15, 0.2) is 0 Å². The van der Waals surface area contributed by atoms with Crippen LogP contribution in [0.3, 0.4) is 0 Å². The van der Waals surface area contributed by atoms with Crippen LogP contribution >= 0.6 is 0 Å². The van der Waals surface area contributed by atoms with Gasteiger partial charge in [-0.05, 0) is 30.0 Å². The molecule has 84 valence electrons. The summed E-state index contributed by atoms with van der Waals surface area (Å²) in [5.74, 6) is 0.851. The Labute approximate surface area is 95.3 Å². The molecule has 2 unspecified atom stereocenters. The van der Waals surface area contributed by atoms with Crippen LogP contribution in [-0.2, 0) is 0 Å². The molecule has 0 saturated carbocycles. The quantitative estimate of drug-likeness (QED) is 0.724. The lowest BCUT2D eigenvalue weighted by molar-refractivity contribution is 0.494. The maximum Gasteiger partial charge on any atom is 0.143 e. The van der Waals surface area contributed by atoms with Gasteiger partial charge in [-0.1, -0.05) is 13.8 Å². The van der Waals surface area contributed by atoms with Gasteiger partial charge in [-0.15, -0.1) is 0 Å². The Morgan fingerprint density at radius 2 is 1.94 bits per heavy atom. The van der Waals surface area contributed by atoms with Crippen LogP contribution in [-0.4, -0.2) is 13.1 Å². The van der Waals surface area contributed by atoms with E-state index in [1.807, 2.05) is 12.1 Å². The highest BCUT2D eigenvalue weighted by Gasteiger charge is 2.26. The number of nitrogens with zero attached hydrogens (tertiary/aromatic N) is 2. The van der Waals surface area contributed by atoms with Gasteiger partial charge < -0.3 is 4.90 Å². The second kappa shape index (κ2) is 4.13. The summed E-state index contributed by atoms with van der Waals surface area (Å²) in [4.78, 5) is 2.18. The summed E-state index contributed by atoms with van der Waals surface area (Å²) in [6.45, 7) is 6.36. The molecule has 3 heteroatoms. The Balaban J connectivity index is 2.23. The molecule has 0 aliphatic carbocycles. The molecule has 0 radical (unpaired) electrons. The summed E-state index contributed by atoms with van der Waals surface area (Å²) in [5.41, 5.74) is 0.997. The van der Waals surface area contributed by atoms with E-state index < -0.39 is 5.82 Å². The van der Waals surface area contributed by atoms with Crippen LogP contribution in [0.1, 0.15) is 19.4 Å². The monoisotopic (exact) mass is 218 g/mol. The highest BCUT2D eigenvalue weighted by Crippen LogP contribution is 2.28. The van der Waals surface area contributed by atoms with E-state index in [2.05, 4.69) is 18.7 Å². The Morgan fingerprint density at radius 1 is 1.31 bits per heavy atom. The third-order valence-corrected chi connectivity index (χ3v) is 3.43. The molecule has 0 N–H and O–H groups in total. The lowest BCUT2D eigenvalue weighted by atomic mass is 10.0. The summed E-state index contributed by atoms with van der Waals surface area (Å²) in [6, 6.07) is 6.68. The molecule has 1 aromatic rings. The summed E-state index contributed by atoms with van der Waals surface area (Å²) in [5, 5.41) is 8.66. The van der Waals surface area contributed by atoms with Gasteiger partial charge in [-0.25, -0.2) is 4.39 Å². The van der Waals surface area contributed by atoms with E-state index in [1.54, 1.807) is 6.07 Å². The van der Waals surface area contributed by atoms with Crippen molar-refractivity contribution in [1.82, 2.24) is 0 Å². The van der Waals surface area contributed by atoms with Crippen molar-refractivity contribution >= 4 is 5.69 Å². The molecule has 2 nitrogen and oxygen atoms in total. The van der Waals surface area contributed by atoms with Gasteiger partial charge in [-0.3, -0.25) is 0 Å². The molecule has 1 heterocycles. The number of benzene rings is 1. The minimum atomic E-state index is -0.424. The lowest BCUT2D eigenvalue weighted by Gasteiger charge is -2.18. The third-order valence-electron chi connectivity index (χ3n) is 3.43. The van der Waals surface area contributed by atoms with Gasteiger partial charge in [0, 0.05) is 18.8 Å². The molecule has 1 saturated heterocycles. The van der Waals surface area contributed by atoms with Crippen LogP contribution < -0.4 is 4.90 Å². The van der Waals surface area contributed by atoms with Crippen molar-refractivity contribution < 1.29 is 4.39 Å². The van der Waals surface area contributed by atoms with Gasteiger partial charge in [-0.2, -0.15) is 5.26 Å². The van der Waals surface area contributed by atoms with Gasteiger partial charge in [0.25, 0.3) is 0 Å². The highest BCUT2D eigenvalue weighted by atomic mass is 19.1. The first-order chi connectivity index (χ1) is 7.61. The number of hydrogen-bond donors (Lipinski definition) is 0. The van der Waals surface area contributed by atoms with Gasteiger partial charge in [0.05, 0.1) is 5.56 Å². The Bertz CT molecular complexity index is 426. The molecule has 0 amide bonds. The number of rotatable bonds is 1. The fraction of sp³-hybridized carbons (Fsp3) is 0.462. The van der Waals surface area contributed by atoms with E-state index in [4.69, 9.17) is 5.26 Å². The van der Waals surface area contributed by atoms with Crippen molar-refractivity contribution in [1.29, 1.82) is 5.26 Å². The standard InChI is InChI=1S/C13H15FN2/c1-9-7-16(8-10(9)2)12-4-3-11(6-15)13(14)5-12/h3-5,9-10H,7-8H2,1-2H3. The molecule has 2 rings (SSSR count). The van der Waals surface area contributed by atoms with Crippen molar-refractivity contribution in [2.75, 3.05) is 18.0 Å². The van der Waals surface area contributed by atoms with Crippen molar-refractivity contribution in [3.63, 3.8) is 0 Å². The molecule has 1 aliphatic rings. The minimum Gasteiger partial charge on any atom is -0.371 e. The Morgan fingerprint density at radius 3 is 2.44 bits per heavy atom. The number of nitriles is 1. The van der Waals surface area contributed by atoms with Crippen LogP contribution in [0.15, 0.2) is 18.2 Å². The fourth-order valence-electron chi connectivity index (χ4n) is 2.13. The van der Waals surface area contributed by atoms with Gasteiger partial charge >= 0.3 is 0 Å². The summed E-state index contributed by atoms with van der Waals surface area (Å²) in [7, 11) is 0. The Hall–Kier alpha value is -1.56. The molecular formula is C13H15FN2. The molecule has 0 bridgehead atoms. The number of hydrogen-bond acceptors (Lipinski definition) is 2. The number of halogens is 1. The third kappa shape index (κ3) is 1.88. The second-order valence-corrected chi connectivity index (χ2v) is 4.64. The molecule has 1 aromatic carbocycles. The summed E-state index contributed by atoms with van der Waals surface area (Å²) in [6.07, 6.45) is 0. The molecule has 2 atom stereocenters. The first-order valence-electron chi connectivity index (χ1n) is 5.56. The van der Waals surface area contributed by atoms with E-state index in [0.717, 1.165) is 18.8 Å². The van der Waals surface area contributed by atoms with Gasteiger partial charge in [0.2, 0.25) is 0 Å². The van der Waals surface area contributed by atoms with E-state index in [9.17, 15) is 4.39 Å². The zero-order valence-electron chi connectivity index (χ0n) is 9.57. The zero-order valence-corrected chi connectivity index (χ0v) is 9.57. The van der Waals surface area contributed by atoms with Gasteiger partial charge in [0.1, 0.15) is 11.9 Å². The molecule has 16 heavy (non-hydrogen) atoms. The van der Waals surface area contributed by atoms with Crippen molar-refractivity contribution in [2.45, 2.75) is 13.8 Å². The molecule has 0 aromatic heterocycles. The van der Waals surface area contributed by atoms with Crippen molar-refractivity contribution in [3.05, 3.63) is 29.6 Å². The maximum absolute atomic E-state index is 13.4. The predicted molar refractivity (Wildman–Crippen MR) is 61.7 cm³/mol. The van der Waals surface area contributed by atoms with Crippen molar-refractivity contribution in [3.8, 4) is 6.07 Å². The average molecular weight is 218 g/mol. The molecular weight excluding hydrogens is 203 g/mol. The first-order valence-corrected chi connectivity index (χ1v) is 5.56. The maximum atomic E-state index is 13.4. The summed E-state index contributed by atoms with van der Waals surface area (Å²) < 4.78 is 13.4. The highest BCUT2D eigenvalue weighted by molar-refractivity contribution is 5.51. The van der Waals surface area contributed by atoms with Crippen LogP contribution in [0.25, 0.3) is 0 Å². The largest absolute Gasteiger partial charge is 0.371 e. The second-order valence-electron chi connectivity index (χ2n) is 4.64. The molecule has 0 spiro atoms. The lowest BCUT2D eigenvalue weighted by Crippen LogP contribution is -2.19. The Kier molecular flexibility index (Phi) is 2.82. The van der Waals surface area contributed by atoms with Crippen LogP contribution in [0.2, 0.25) is 0 Å². The van der Waals surface area contributed by atoms with E-state index in [0.29, 0.717) is 11.8 Å². The minimum absolute atomic E-state index is 0.115. The smallest absolute Gasteiger partial charge is 0.143 e. The van der Waals surface area contributed by atoms with E-state index >= 15 is 0 Å². The van der Waals surface area contributed by atoms with Crippen LogP contribution in [0, 0.1) is 29.0 Å². The van der Waals surface area contributed by atoms with E-state index in [1.165, 1.54) is 6.07 Å². The molecule has 1 aliphatic heterocycles. The average Bonchev–Trinajstić information content (AvgIpc) is 2.59. The van der Waals surface area contributed by atoms with Crippen LogP contribution in [0.4, 0.5) is 10.1 Å². The van der Waals surface area contributed by atoms with Crippen molar-refractivity contribution in [2.24, 2.45) is 11.8 Å². The SMILES string of the molecule is CC1CN(c2ccc(C#N)c(F)c2)CC1C.